The van der Waals surface area contributed by atoms with Gasteiger partial charge in [0.15, 0.2) is 0 Å². The summed E-state index contributed by atoms with van der Waals surface area (Å²) < 4.78 is 5.21. The molecule has 112 valence electrons. The van der Waals surface area contributed by atoms with Crippen LogP contribution in [0.2, 0.25) is 0 Å². The molecule has 0 radical (unpaired) electrons. The van der Waals surface area contributed by atoms with Gasteiger partial charge < -0.3 is 15.4 Å². The normalized spacial score (nSPS) is 24.4. The third-order valence-corrected chi connectivity index (χ3v) is 4.61. The fourth-order valence-electron chi connectivity index (χ4n) is 3.07. The minimum Gasteiger partial charge on any atom is -0.497 e. The summed E-state index contributed by atoms with van der Waals surface area (Å²) >= 11 is 0. The quantitative estimate of drug-likeness (QED) is 0.919. The number of hydrogen-bond donors (Lipinski definition) is 1. The van der Waals surface area contributed by atoms with E-state index in [9.17, 15) is 0 Å². The van der Waals surface area contributed by atoms with Crippen LogP contribution in [0.25, 0.3) is 0 Å². The van der Waals surface area contributed by atoms with Crippen LogP contribution in [0.15, 0.2) is 24.3 Å². The minimum absolute atomic E-state index is 0.220. The van der Waals surface area contributed by atoms with Crippen LogP contribution in [-0.4, -0.2) is 37.7 Å². The second-order valence-electron chi connectivity index (χ2n) is 6.79. The number of likely N-dealkylation sites (tertiary alicyclic amines) is 1. The highest BCUT2D eigenvalue weighted by molar-refractivity contribution is 5.29. The Morgan fingerprint density at radius 1 is 1.35 bits per heavy atom. The average Bonchev–Trinajstić information content (AvgIpc) is 2.42. The first-order valence-electron chi connectivity index (χ1n) is 7.54. The Labute approximate surface area is 123 Å². The molecule has 1 aliphatic heterocycles. The summed E-state index contributed by atoms with van der Waals surface area (Å²) in [5, 5.41) is 0. The first kappa shape index (κ1) is 15.3. The Morgan fingerprint density at radius 2 is 2.00 bits per heavy atom. The van der Waals surface area contributed by atoms with Gasteiger partial charge in [0.05, 0.1) is 7.11 Å². The van der Waals surface area contributed by atoms with Crippen molar-refractivity contribution in [2.75, 3.05) is 26.7 Å². The Balaban J connectivity index is 1.95. The standard InChI is InChI=1S/C17H28N2O/c1-13(14-5-7-15(20-4)8-6-14)11-19-10-9-16(18)17(2,3)12-19/h5-8,13,16H,9-12,18H2,1-4H3. The molecule has 2 atom stereocenters. The minimum atomic E-state index is 0.220. The van der Waals surface area contributed by atoms with E-state index in [1.165, 1.54) is 5.56 Å². The fourth-order valence-corrected chi connectivity index (χ4v) is 3.07. The van der Waals surface area contributed by atoms with Crippen molar-refractivity contribution in [3.05, 3.63) is 29.8 Å². The number of nitrogens with two attached hydrogens (primary N) is 1. The summed E-state index contributed by atoms with van der Waals surface area (Å²) in [4.78, 5) is 2.55. The van der Waals surface area contributed by atoms with Gasteiger partial charge in [0, 0.05) is 19.1 Å². The molecule has 1 aromatic rings. The van der Waals surface area contributed by atoms with Crippen molar-refractivity contribution in [3.63, 3.8) is 0 Å². The van der Waals surface area contributed by atoms with Crippen LogP contribution in [0, 0.1) is 5.41 Å². The van der Waals surface area contributed by atoms with E-state index in [0.29, 0.717) is 12.0 Å². The number of methoxy groups -OCH3 is 1. The van der Waals surface area contributed by atoms with Crippen LogP contribution in [0.3, 0.4) is 0 Å². The lowest BCUT2D eigenvalue weighted by Crippen LogP contribution is -2.52. The van der Waals surface area contributed by atoms with Crippen LogP contribution in [0.4, 0.5) is 0 Å². The molecular weight excluding hydrogens is 248 g/mol. The maximum absolute atomic E-state index is 6.21. The third-order valence-electron chi connectivity index (χ3n) is 4.61. The molecule has 20 heavy (non-hydrogen) atoms. The van der Waals surface area contributed by atoms with Crippen LogP contribution < -0.4 is 10.5 Å². The Hall–Kier alpha value is -1.06. The molecule has 2 unspecified atom stereocenters. The SMILES string of the molecule is COc1ccc(C(C)CN2CCC(N)C(C)(C)C2)cc1. The van der Waals surface area contributed by atoms with Gasteiger partial charge in [0.1, 0.15) is 5.75 Å². The molecule has 3 heteroatoms. The van der Waals surface area contributed by atoms with E-state index in [4.69, 9.17) is 10.5 Å². The summed E-state index contributed by atoms with van der Waals surface area (Å²) in [6.45, 7) is 10.2. The van der Waals surface area contributed by atoms with Crippen molar-refractivity contribution >= 4 is 0 Å². The van der Waals surface area contributed by atoms with E-state index in [1.807, 2.05) is 12.1 Å². The van der Waals surface area contributed by atoms with E-state index in [2.05, 4.69) is 37.8 Å². The molecule has 0 spiro atoms. The van der Waals surface area contributed by atoms with Crippen molar-refractivity contribution in [1.82, 2.24) is 4.90 Å². The zero-order chi connectivity index (χ0) is 14.8. The van der Waals surface area contributed by atoms with Crippen molar-refractivity contribution in [2.24, 2.45) is 11.1 Å². The summed E-state index contributed by atoms with van der Waals surface area (Å²) in [6, 6.07) is 8.76. The van der Waals surface area contributed by atoms with Gasteiger partial charge in [-0.25, -0.2) is 0 Å². The third kappa shape index (κ3) is 3.53. The number of benzene rings is 1. The molecule has 2 N–H and O–H groups in total. The van der Waals surface area contributed by atoms with Gasteiger partial charge >= 0.3 is 0 Å². The van der Waals surface area contributed by atoms with Gasteiger partial charge in [-0.1, -0.05) is 32.9 Å². The Bertz CT molecular complexity index is 427. The number of piperidine rings is 1. The highest BCUT2D eigenvalue weighted by Crippen LogP contribution is 2.29. The number of rotatable bonds is 4. The van der Waals surface area contributed by atoms with Gasteiger partial charge in [-0.2, -0.15) is 0 Å². The molecule has 1 aliphatic rings. The molecule has 1 heterocycles. The zero-order valence-electron chi connectivity index (χ0n) is 13.2. The van der Waals surface area contributed by atoms with Crippen molar-refractivity contribution in [3.8, 4) is 5.75 Å². The summed E-state index contributed by atoms with van der Waals surface area (Å²) in [5.41, 5.74) is 7.80. The average molecular weight is 276 g/mol. The predicted molar refractivity (Wildman–Crippen MR) is 84.2 cm³/mol. The van der Waals surface area contributed by atoms with Gasteiger partial charge in [-0.3, -0.25) is 0 Å². The van der Waals surface area contributed by atoms with Gasteiger partial charge in [0.2, 0.25) is 0 Å². The van der Waals surface area contributed by atoms with Crippen LogP contribution in [0.1, 0.15) is 38.7 Å². The molecule has 1 aromatic carbocycles. The van der Waals surface area contributed by atoms with Crippen molar-refractivity contribution in [2.45, 2.75) is 39.2 Å². The molecule has 1 saturated heterocycles. The molecule has 0 aromatic heterocycles. The lowest BCUT2D eigenvalue weighted by atomic mass is 9.79. The predicted octanol–water partition coefficient (Wildman–Crippen LogP) is 2.86. The largest absolute Gasteiger partial charge is 0.497 e. The molecule has 2 rings (SSSR count). The number of nitrogens with zero attached hydrogens (tertiary/aromatic N) is 1. The van der Waals surface area contributed by atoms with Crippen LogP contribution in [-0.2, 0) is 0 Å². The smallest absolute Gasteiger partial charge is 0.118 e. The highest BCUT2D eigenvalue weighted by atomic mass is 16.5. The first-order chi connectivity index (χ1) is 9.42. The molecule has 0 bridgehead atoms. The Morgan fingerprint density at radius 3 is 2.55 bits per heavy atom. The topological polar surface area (TPSA) is 38.5 Å². The van der Waals surface area contributed by atoms with E-state index in [-0.39, 0.29) is 5.41 Å². The van der Waals surface area contributed by atoms with Crippen LogP contribution >= 0.6 is 0 Å². The first-order valence-corrected chi connectivity index (χ1v) is 7.54. The monoisotopic (exact) mass is 276 g/mol. The lowest BCUT2D eigenvalue weighted by molar-refractivity contribution is 0.0915. The molecule has 1 fully saturated rings. The number of ether oxygens (including phenoxy) is 1. The van der Waals surface area contributed by atoms with Gasteiger partial charge in [-0.15, -0.1) is 0 Å². The van der Waals surface area contributed by atoms with Crippen molar-refractivity contribution < 1.29 is 4.74 Å². The Kier molecular flexibility index (Phi) is 4.71. The second kappa shape index (κ2) is 6.15. The summed E-state index contributed by atoms with van der Waals surface area (Å²) in [7, 11) is 1.71. The maximum atomic E-state index is 6.21. The van der Waals surface area contributed by atoms with E-state index >= 15 is 0 Å². The molecule has 3 nitrogen and oxygen atoms in total. The zero-order valence-corrected chi connectivity index (χ0v) is 13.2. The fraction of sp³-hybridized carbons (Fsp3) is 0.647. The lowest BCUT2D eigenvalue weighted by Gasteiger charge is -2.43. The van der Waals surface area contributed by atoms with Gasteiger partial charge in [-0.05, 0) is 42.0 Å². The summed E-state index contributed by atoms with van der Waals surface area (Å²) in [5.74, 6) is 1.46. The maximum Gasteiger partial charge on any atom is 0.118 e. The number of hydrogen-bond acceptors (Lipinski definition) is 3. The molecule has 0 saturated carbocycles. The second-order valence-corrected chi connectivity index (χ2v) is 6.79. The van der Waals surface area contributed by atoms with E-state index in [0.717, 1.165) is 31.8 Å². The highest BCUT2D eigenvalue weighted by Gasteiger charge is 2.33. The van der Waals surface area contributed by atoms with E-state index < -0.39 is 0 Å². The molecule has 0 amide bonds. The summed E-state index contributed by atoms with van der Waals surface area (Å²) in [6.07, 6.45) is 1.10. The van der Waals surface area contributed by atoms with Crippen molar-refractivity contribution in [1.29, 1.82) is 0 Å². The molecule has 0 aliphatic carbocycles. The van der Waals surface area contributed by atoms with E-state index in [1.54, 1.807) is 7.11 Å². The van der Waals surface area contributed by atoms with Crippen LogP contribution in [0.5, 0.6) is 5.75 Å². The molecular formula is C17H28N2O. The van der Waals surface area contributed by atoms with Gasteiger partial charge in [0.25, 0.3) is 0 Å².